The molecule has 0 spiro atoms. The molecule has 0 aromatic carbocycles. The lowest BCUT2D eigenvalue weighted by Gasteiger charge is -2.33. The maximum absolute atomic E-state index is 6.05. The molecule has 0 atom stereocenters. The van der Waals surface area contributed by atoms with E-state index in [1.165, 1.54) is 18.4 Å². The average molecular weight is 199 g/mol. The van der Waals surface area contributed by atoms with Gasteiger partial charge in [-0.25, -0.2) is 0 Å². The van der Waals surface area contributed by atoms with E-state index in [4.69, 9.17) is 4.43 Å². The first kappa shape index (κ1) is 10.6. The molecule has 0 aromatic heterocycles. The molecule has 0 aromatic rings. The maximum Gasteiger partial charge on any atom is 0.244 e. The molecule has 0 radical (unpaired) electrons. The van der Waals surface area contributed by atoms with Gasteiger partial charge < -0.3 is 9.33 Å². The standard InChI is InChI=1S/C10H21NOSi/c1-9-7-6-8-11(2)10(9)12-13(3,4)5/h6-8H2,1-5H3. The number of hydrogen-bond donors (Lipinski definition) is 0. The maximum atomic E-state index is 6.05. The average Bonchev–Trinajstić information content (AvgIpc) is 1.95. The Hall–Kier alpha value is -0.443. The summed E-state index contributed by atoms with van der Waals surface area (Å²) in [4.78, 5) is 2.25. The zero-order chi connectivity index (χ0) is 10.1. The summed E-state index contributed by atoms with van der Waals surface area (Å²) in [5, 5.41) is 0. The van der Waals surface area contributed by atoms with E-state index in [1.54, 1.807) is 0 Å². The molecule has 0 unspecified atom stereocenters. The van der Waals surface area contributed by atoms with E-state index >= 15 is 0 Å². The first-order valence-electron chi connectivity index (χ1n) is 5.00. The largest absolute Gasteiger partial charge is 0.533 e. The Bertz CT molecular complexity index is 217. The lowest BCUT2D eigenvalue weighted by atomic mass is 10.1. The third-order valence-corrected chi connectivity index (χ3v) is 2.97. The normalized spacial score (nSPS) is 19.3. The molecule has 1 heterocycles. The van der Waals surface area contributed by atoms with Crippen LogP contribution in [0, 0.1) is 0 Å². The predicted octanol–water partition coefficient (Wildman–Crippen LogP) is 2.80. The van der Waals surface area contributed by atoms with Crippen molar-refractivity contribution in [3.63, 3.8) is 0 Å². The van der Waals surface area contributed by atoms with Gasteiger partial charge in [0, 0.05) is 13.6 Å². The fourth-order valence-electron chi connectivity index (χ4n) is 1.57. The summed E-state index contributed by atoms with van der Waals surface area (Å²) in [7, 11) is 0.695. The van der Waals surface area contributed by atoms with Crippen molar-refractivity contribution in [2.75, 3.05) is 13.6 Å². The minimum Gasteiger partial charge on any atom is -0.533 e. The second-order valence-electron chi connectivity index (χ2n) is 4.83. The molecular weight excluding hydrogens is 178 g/mol. The van der Waals surface area contributed by atoms with Crippen LogP contribution in [-0.2, 0) is 4.43 Å². The molecule has 2 nitrogen and oxygen atoms in total. The van der Waals surface area contributed by atoms with E-state index < -0.39 is 8.32 Å². The molecule has 3 heteroatoms. The molecule has 1 rings (SSSR count). The fourth-order valence-corrected chi connectivity index (χ4v) is 2.48. The molecule has 13 heavy (non-hydrogen) atoms. The summed E-state index contributed by atoms with van der Waals surface area (Å²) in [5.74, 6) is 1.14. The van der Waals surface area contributed by atoms with Gasteiger partial charge in [-0.2, -0.15) is 0 Å². The number of hydrogen-bond acceptors (Lipinski definition) is 2. The number of nitrogens with zero attached hydrogens (tertiary/aromatic N) is 1. The van der Waals surface area contributed by atoms with Crippen LogP contribution < -0.4 is 0 Å². The Morgan fingerprint density at radius 3 is 2.38 bits per heavy atom. The third kappa shape index (κ3) is 3.07. The van der Waals surface area contributed by atoms with E-state index in [9.17, 15) is 0 Å². The van der Waals surface area contributed by atoms with Gasteiger partial charge in [-0.1, -0.05) is 0 Å². The third-order valence-electron chi connectivity index (χ3n) is 2.16. The van der Waals surface area contributed by atoms with Crippen LogP contribution in [0.1, 0.15) is 19.8 Å². The monoisotopic (exact) mass is 199 g/mol. The van der Waals surface area contributed by atoms with Gasteiger partial charge in [-0.05, 0) is 45.0 Å². The van der Waals surface area contributed by atoms with Gasteiger partial charge in [0.2, 0.25) is 8.32 Å². The Labute approximate surface area is 82.7 Å². The van der Waals surface area contributed by atoms with E-state index in [-0.39, 0.29) is 0 Å². The Balaban J connectivity index is 2.75. The van der Waals surface area contributed by atoms with Gasteiger partial charge in [0.1, 0.15) is 0 Å². The molecule has 0 saturated heterocycles. The zero-order valence-corrected chi connectivity index (χ0v) is 10.5. The highest BCUT2D eigenvalue weighted by Gasteiger charge is 2.23. The zero-order valence-electron chi connectivity index (χ0n) is 9.48. The SMILES string of the molecule is CC1=C(O[Si](C)(C)C)N(C)CCC1. The van der Waals surface area contributed by atoms with Crippen molar-refractivity contribution in [3.8, 4) is 0 Å². The van der Waals surface area contributed by atoms with E-state index in [2.05, 4.69) is 38.5 Å². The summed E-state index contributed by atoms with van der Waals surface area (Å²) >= 11 is 0. The Morgan fingerprint density at radius 2 is 1.92 bits per heavy atom. The summed E-state index contributed by atoms with van der Waals surface area (Å²) in [6.07, 6.45) is 2.46. The second-order valence-corrected chi connectivity index (χ2v) is 9.25. The van der Waals surface area contributed by atoms with Crippen LogP contribution in [0.4, 0.5) is 0 Å². The van der Waals surface area contributed by atoms with Crippen LogP contribution in [0.2, 0.25) is 19.6 Å². The minimum atomic E-state index is -1.43. The van der Waals surface area contributed by atoms with Gasteiger partial charge in [-0.15, -0.1) is 0 Å². The lowest BCUT2D eigenvalue weighted by molar-refractivity contribution is 0.220. The highest BCUT2D eigenvalue weighted by atomic mass is 28.4. The highest BCUT2D eigenvalue weighted by molar-refractivity contribution is 6.70. The summed E-state index contributed by atoms with van der Waals surface area (Å²) < 4.78 is 6.05. The molecule has 1 aliphatic rings. The highest BCUT2D eigenvalue weighted by Crippen LogP contribution is 2.24. The lowest BCUT2D eigenvalue weighted by Crippen LogP contribution is -2.34. The van der Waals surface area contributed by atoms with Crippen molar-refractivity contribution >= 4 is 8.32 Å². The molecule has 0 fully saturated rings. The van der Waals surface area contributed by atoms with Gasteiger partial charge in [-0.3, -0.25) is 0 Å². The van der Waals surface area contributed by atoms with Gasteiger partial charge in [0.05, 0.1) is 0 Å². The summed E-state index contributed by atoms with van der Waals surface area (Å²) in [5.41, 5.74) is 1.41. The van der Waals surface area contributed by atoms with E-state index in [1.807, 2.05) is 0 Å². The molecule has 0 saturated carbocycles. The van der Waals surface area contributed by atoms with Crippen LogP contribution in [-0.4, -0.2) is 26.8 Å². The first-order chi connectivity index (χ1) is 5.90. The van der Waals surface area contributed by atoms with Crippen molar-refractivity contribution in [2.24, 2.45) is 0 Å². The molecule has 0 N–H and O–H groups in total. The number of rotatable bonds is 2. The molecule has 76 valence electrons. The van der Waals surface area contributed by atoms with E-state index in [0.29, 0.717) is 0 Å². The fraction of sp³-hybridized carbons (Fsp3) is 0.800. The molecule has 0 aliphatic carbocycles. The van der Waals surface area contributed by atoms with Gasteiger partial charge >= 0.3 is 0 Å². The van der Waals surface area contributed by atoms with Gasteiger partial charge in [0.15, 0.2) is 5.88 Å². The van der Waals surface area contributed by atoms with Gasteiger partial charge in [0.25, 0.3) is 0 Å². The Kier molecular flexibility index (Phi) is 3.06. The summed E-state index contributed by atoms with van der Waals surface area (Å²) in [6.45, 7) is 10.0. The molecule has 0 bridgehead atoms. The van der Waals surface area contributed by atoms with Crippen molar-refractivity contribution in [1.82, 2.24) is 4.90 Å². The van der Waals surface area contributed by atoms with Crippen molar-refractivity contribution < 1.29 is 4.43 Å². The Morgan fingerprint density at radius 1 is 1.31 bits per heavy atom. The smallest absolute Gasteiger partial charge is 0.244 e. The van der Waals surface area contributed by atoms with Crippen LogP contribution in [0.15, 0.2) is 11.5 Å². The van der Waals surface area contributed by atoms with Crippen LogP contribution >= 0.6 is 0 Å². The molecule has 1 aliphatic heterocycles. The molecular formula is C10H21NOSi. The summed E-state index contributed by atoms with van der Waals surface area (Å²) in [6, 6.07) is 0. The number of allylic oxidation sites excluding steroid dienone is 1. The molecule has 0 amide bonds. The van der Waals surface area contributed by atoms with Crippen molar-refractivity contribution in [3.05, 3.63) is 11.5 Å². The van der Waals surface area contributed by atoms with Crippen LogP contribution in [0.3, 0.4) is 0 Å². The van der Waals surface area contributed by atoms with E-state index in [0.717, 1.165) is 12.4 Å². The van der Waals surface area contributed by atoms with Crippen molar-refractivity contribution in [2.45, 2.75) is 39.4 Å². The quantitative estimate of drug-likeness (QED) is 0.634. The van der Waals surface area contributed by atoms with Crippen LogP contribution in [0.5, 0.6) is 0 Å². The predicted molar refractivity (Wildman–Crippen MR) is 59.0 cm³/mol. The van der Waals surface area contributed by atoms with Crippen molar-refractivity contribution in [1.29, 1.82) is 0 Å². The second kappa shape index (κ2) is 3.74. The van der Waals surface area contributed by atoms with Crippen LogP contribution in [0.25, 0.3) is 0 Å². The first-order valence-corrected chi connectivity index (χ1v) is 8.41. The minimum absolute atomic E-state index is 1.14. The topological polar surface area (TPSA) is 12.5 Å².